The van der Waals surface area contributed by atoms with E-state index in [4.69, 9.17) is 27.9 Å². The molecule has 0 aromatic heterocycles. The lowest BCUT2D eigenvalue weighted by atomic mass is 9.91. The summed E-state index contributed by atoms with van der Waals surface area (Å²) in [6.45, 7) is 5.12. The van der Waals surface area contributed by atoms with Gasteiger partial charge in [0.1, 0.15) is 0 Å². The molecule has 0 saturated heterocycles. The number of rotatable bonds is 4. The van der Waals surface area contributed by atoms with Gasteiger partial charge in [-0.3, -0.25) is 9.59 Å². The summed E-state index contributed by atoms with van der Waals surface area (Å²) in [6, 6.07) is 4.87. The molecule has 0 bridgehead atoms. The molecule has 19 heavy (non-hydrogen) atoms. The van der Waals surface area contributed by atoms with Crippen molar-refractivity contribution in [3.63, 3.8) is 0 Å². The number of benzene rings is 1. The first-order valence-electron chi connectivity index (χ1n) is 5.83. The SMILES string of the molecule is CC(C)(C)C(=O)COC(=O)Cc1ccc(Cl)cc1Cl. The summed E-state index contributed by atoms with van der Waals surface area (Å²) in [7, 11) is 0. The van der Waals surface area contributed by atoms with Crippen LogP contribution in [0.15, 0.2) is 18.2 Å². The van der Waals surface area contributed by atoms with Crippen molar-refractivity contribution >= 4 is 35.0 Å². The third kappa shape index (κ3) is 5.21. The van der Waals surface area contributed by atoms with Crippen molar-refractivity contribution in [3.05, 3.63) is 33.8 Å². The molecule has 1 rings (SSSR count). The fourth-order valence-corrected chi connectivity index (χ4v) is 1.71. The Morgan fingerprint density at radius 2 is 1.84 bits per heavy atom. The smallest absolute Gasteiger partial charge is 0.310 e. The van der Waals surface area contributed by atoms with Gasteiger partial charge in [0.25, 0.3) is 0 Å². The van der Waals surface area contributed by atoms with Crippen LogP contribution in [-0.4, -0.2) is 18.4 Å². The Kier molecular flexibility index (Phi) is 5.39. The van der Waals surface area contributed by atoms with E-state index in [0.29, 0.717) is 15.6 Å². The van der Waals surface area contributed by atoms with Gasteiger partial charge in [0, 0.05) is 15.5 Å². The van der Waals surface area contributed by atoms with Gasteiger partial charge in [-0.15, -0.1) is 0 Å². The fraction of sp³-hybridized carbons (Fsp3) is 0.429. The summed E-state index contributed by atoms with van der Waals surface area (Å²) in [5.41, 5.74) is 0.109. The van der Waals surface area contributed by atoms with Crippen molar-refractivity contribution in [2.24, 2.45) is 5.41 Å². The minimum Gasteiger partial charge on any atom is -0.457 e. The highest BCUT2D eigenvalue weighted by Gasteiger charge is 2.22. The average molecular weight is 303 g/mol. The summed E-state index contributed by atoms with van der Waals surface area (Å²) >= 11 is 11.7. The molecule has 0 heterocycles. The van der Waals surface area contributed by atoms with Crippen LogP contribution in [-0.2, 0) is 20.7 Å². The van der Waals surface area contributed by atoms with E-state index in [1.165, 1.54) is 0 Å². The quantitative estimate of drug-likeness (QED) is 0.797. The lowest BCUT2D eigenvalue weighted by Crippen LogP contribution is -2.26. The van der Waals surface area contributed by atoms with Gasteiger partial charge in [0.05, 0.1) is 6.42 Å². The van der Waals surface area contributed by atoms with Gasteiger partial charge in [0.2, 0.25) is 0 Å². The van der Waals surface area contributed by atoms with Crippen LogP contribution >= 0.6 is 23.2 Å². The molecule has 1 aromatic carbocycles. The number of carbonyl (C=O) groups excluding carboxylic acids is 2. The molecule has 0 radical (unpaired) electrons. The topological polar surface area (TPSA) is 43.4 Å². The van der Waals surface area contributed by atoms with Crippen LogP contribution in [0.1, 0.15) is 26.3 Å². The van der Waals surface area contributed by atoms with E-state index in [2.05, 4.69) is 0 Å². The molecule has 0 unspecified atom stereocenters. The maximum atomic E-state index is 11.6. The van der Waals surface area contributed by atoms with Gasteiger partial charge in [-0.25, -0.2) is 0 Å². The van der Waals surface area contributed by atoms with Crippen molar-refractivity contribution in [1.82, 2.24) is 0 Å². The van der Waals surface area contributed by atoms with Gasteiger partial charge in [0.15, 0.2) is 12.4 Å². The second kappa shape index (κ2) is 6.40. The summed E-state index contributed by atoms with van der Waals surface area (Å²) in [5.74, 6) is -0.607. The zero-order chi connectivity index (χ0) is 14.6. The highest BCUT2D eigenvalue weighted by Crippen LogP contribution is 2.21. The second-order valence-corrected chi connectivity index (χ2v) is 6.09. The van der Waals surface area contributed by atoms with E-state index in [-0.39, 0.29) is 18.8 Å². The molecule has 5 heteroatoms. The van der Waals surface area contributed by atoms with E-state index >= 15 is 0 Å². The lowest BCUT2D eigenvalue weighted by Gasteiger charge is -2.16. The summed E-state index contributed by atoms with van der Waals surface area (Å²) in [4.78, 5) is 23.2. The summed E-state index contributed by atoms with van der Waals surface area (Å²) in [6.07, 6.45) is 0.0213. The van der Waals surface area contributed by atoms with Crippen molar-refractivity contribution in [1.29, 1.82) is 0 Å². The predicted octanol–water partition coefficient (Wildman–Crippen LogP) is 3.69. The monoisotopic (exact) mass is 302 g/mol. The van der Waals surface area contributed by atoms with Crippen molar-refractivity contribution in [2.45, 2.75) is 27.2 Å². The molecular formula is C14H16Cl2O3. The van der Waals surface area contributed by atoms with Gasteiger partial charge < -0.3 is 4.74 Å². The van der Waals surface area contributed by atoms with Crippen LogP contribution in [0.5, 0.6) is 0 Å². The molecule has 0 atom stereocenters. The molecule has 0 N–H and O–H groups in total. The molecule has 0 aliphatic heterocycles. The van der Waals surface area contributed by atoms with Crippen LogP contribution in [0.3, 0.4) is 0 Å². The highest BCUT2D eigenvalue weighted by atomic mass is 35.5. The summed E-state index contributed by atoms with van der Waals surface area (Å²) in [5, 5.41) is 0.914. The molecule has 1 aromatic rings. The molecule has 0 aliphatic rings. The van der Waals surface area contributed by atoms with E-state index < -0.39 is 11.4 Å². The number of hydrogen-bond acceptors (Lipinski definition) is 3. The number of hydrogen-bond donors (Lipinski definition) is 0. The Balaban J connectivity index is 2.54. The van der Waals surface area contributed by atoms with Crippen LogP contribution in [0, 0.1) is 5.41 Å². The molecule has 0 aliphatic carbocycles. The Morgan fingerprint density at radius 1 is 1.21 bits per heavy atom. The molecule has 3 nitrogen and oxygen atoms in total. The van der Waals surface area contributed by atoms with Gasteiger partial charge in [-0.05, 0) is 17.7 Å². The standard InChI is InChI=1S/C14H16Cl2O3/c1-14(2,3)12(17)8-19-13(18)6-9-4-5-10(15)7-11(9)16/h4-5,7H,6,8H2,1-3H3. The first-order chi connectivity index (χ1) is 8.70. The molecular weight excluding hydrogens is 287 g/mol. The first-order valence-corrected chi connectivity index (χ1v) is 6.58. The highest BCUT2D eigenvalue weighted by molar-refractivity contribution is 6.35. The Labute approximate surface area is 122 Å². The van der Waals surface area contributed by atoms with Crippen LogP contribution < -0.4 is 0 Å². The molecule has 0 amide bonds. The maximum absolute atomic E-state index is 11.6. The van der Waals surface area contributed by atoms with E-state index in [9.17, 15) is 9.59 Å². The molecule has 0 saturated carbocycles. The predicted molar refractivity (Wildman–Crippen MR) is 75.6 cm³/mol. The zero-order valence-corrected chi connectivity index (χ0v) is 12.6. The van der Waals surface area contributed by atoms with E-state index in [1.807, 2.05) is 0 Å². The van der Waals surface area contributed by atoms with Gasteiger partial charge in [-0.2, -0.15) is 0 Å². The minimum atomic E-state index is -0.516. The van der Waals surface area contributed by atoms with Crippen LogP contribution in [0.25, 0.3) is 0 Å². The molecule has 0 spiro atoms. The number of halogens is 2. The van der Waals surface area contributed by atoms with Crippen molar-refractivity contribution in [2.75, 3.05) is 6.61 Å². The number of ketones is 1. The number of esters is 1. The fourth-order valence-electron chi connectivity index (χ4n) is 1.23. The lowest BCUT2D eigenvalue weighted by molar-refractivity contribution is -0.149. The number of Topliss-reactive ketones (excluding diaryl/α,β-unsaturated/α-hetero) is 1. The van der Waals surface area contributed by atoms with E-state index in [1.54, 1.807) is 39.0 Å². The Hall–Kier alpha value is -1.06. The Morgan fingerprint density at radius 3 is 2.37 bits per heavy atom. The molecule has 104 valence electrons. The summed E-state index contributed by atoms with van der Waals surface area (Å²) < 4.78 is 4.94. The minimum absolute atomic E-state index is 0.0213. The van der Waals surface area contributed by atoms with Crippen molar-refractivity contribution in [3.8, 4) is 0 Å². The third-order valence-electron chi connectivity index (χ3n) is 2.55. The average Bonchev–Trinajstić information content (AvgIpc) is 2.28. The van der Waals surface area contributed by atoms with Crippen LogP contribution in [0.4, 0.5) is 0 Å². The first kappa shape index (κ1) is 16.0. The van der Waals surface area contributed by atoms with Gasteiger partial charge >= 0.3 is 5.97 Å². The maximum Gasteiger partial charge on any atom is 0.310 e. The van der Waals surface area contributed by atoms with Crippen molar-refractivity contribution < 1.29 is 14.3 Å². The Bertz CT molecular complexity index is 490. The molecule has 0 fully saturated rings. The van der Waals surface area contributed by atoms with Gasteiger partial charge in [-0.1, -0.05) is 50.0 Å². The zero-order valence-electron chi connectivity index (χ0n) is 11.1. The second-order valence-electron chi connectivity index (χ2n) is 5.25. The normalized spacial score (nSPS) is 11.2. The number of carbonyl (C=O) groups is 2. The van der Waals surface area contributed by atoms with E-state index in [0.717, 1.165) is 0 Å². The third-order valence-corrected chi connectivity index (χ3v) is 3.14. The van der Waals surface area contributed by atoms with Crippen LogP contribution in [0.2, 0.25) is 10.0 Å². The largest absolute Gasteiger partial charge is 0.457 e. The number of ether oxygens (including phenoxy) is 1.